The van der Waals surface area contributed by atoms with Crippen molar-refractivity contribution in [3.63, 3.8) is 0 Å². The van der Waals surface area contributed by atoms with Gasteiger partial charge in [-0.05, 0) is 31.9 Å². The Labute approximate surface area is 109 Å². The lowest BCUT2D eigenvalue weighted by Gasteiger charge is -2.07. The van der Waals surface area contributed by atoms with E-state index in [0.29, 0.717) is 21.7 Å². The maximum atomic E-state index is 6.17. The largest absolute Gasteiger partial charge is 0.215 e. The van der Waals surface area contributed by atoms with Crippen molar-refractivity contribution in [3.05, 3.63) is 39.6 Å². The van der Waals surface area contributed by atoms with Crippen LogP contribution in [0.1, 0.15) is 30.1 Å². The van der Waals surface area contributed by atoms with Gasteiger partial charge in [-0.25, -0.2) is 4.68 Å². The fraction of sp³-hybridized carbons (Fsp3) is 0.333. The van der Waals surface area contributed by atoms with Crippen molar-refractivity contribution in [3.8, 4) is 5.69 Å². The molecule has 1 saturated carbocycles. The van der Waals surface area contributed by atoms with Crippen molar-refractivity contribution in [1.82, 2.24) is 15.0 Å². The molecule has 3 nitrogen and oxygen atoms in total. The van der Waals surface area contributed by atoms with Crippen LogP contribution in [0.25, 0.3) is 5.69 Å². The van der Waals surface area contributed by atoms with E-state index in [1.807, 2.05) is 13.0 Å². The summed E-state index contributed by atoms with van der Waals surface area (Å²) in [7, 11) is 0. The lowest BCUT2D eigenvalue weighted by Crippen LogP contribution is -2.01. The molecule has 88 valence electrons. The van der Waals surface area contributed by atoms with Crippen LogP contribution < -0.4 is 0 Å². The molecule has 5 heteroatoms. The molecule has 0 amide bonds. The SMILES string of the molecule is Cc1c(C2CC2)nnn1-c1c(Cl)cccc1Cl. The fourth-order valence-corrected chi connectivity index (χ4v) is 2.54. The van der Waals surface area contributed by atoms with Crippen LogP contribution in [-0.4, -0.2) is 15.0 Å². The number of benzene rings is 1. The lowest BCUT2D eigenvalue weighted by atomic mass is 10.2. The second-order valence-corrected chi connectivity index (χ2v) is 5.13. The molecule has 0 N–H and O–H groups in total. The van der Waals surface area contributed by atoms with E-state index >= 15 is 0 Å². The second kappa shape index (κ2) is 4.00. The minimum atomic E-state index is 0.574. The molecule has 1 heterocycles. The Morgan fingerprint density at radius 1 is 1.24 bits per heavy atom. The summed E-state index contributed by atoms with van der Waals surface area (Å²) < 4.78 is 1.73. The zero-order valence-electron chi connectivity index (χ0n) is 9.32. The summed E-state index contributed by atoms with van der Waals surface area (Å²) in [6.45, 7) is 2.01. The third-order valence-electron chi connectivity index (χ3n) is 3.04. The van der Waals surface area contributed by atoms with Gasteiger partial charge in [-0.3, -0.25) is 0 Å². The zero-order chi connectivity index (χ0) is 12.0. The van der Waals surface area contributed by atoms with Crippen LogP contribution in [0, 0.1) is 6.92 Å². The first-order valence-electron chi connectivity index (χ1n) is 5.55. The number of para-hydroxylation sites is 1. The maximum absolute atomic E-state index is 6.17. The van der Waals surface area contributed by atoms with E-state index in [1.165, 1.54) is 12.8 Å². The van der Waals surface area contributed by atoms with Gasteiger partial charge in [-0.2, -0.15) is 0 Å². The topological polar surface area (TPSA) is 30.7 Å². The predicted molar refractivity (Wildman–Crippen MR) is 68.1 cm³/mol. The smallest absolute Gasteiger partial charge is 0.104 e. The quantitative estimate of drug-likeness (QED) is 0.830. The standard InChI is InChI=1S/C12H11Cl2N3/c1-7-11(8-5-6-8)15-16-17(7)12-9(13)3-2-4-10(12)14/h2-4,8H,5-6H2,1H3. The highest BCUT2D eigenvalue weighted by Gasteiger charge is 2.29. The number of halogens is 2. The highest BCUT2D eigenvalue weighted by molar-refractivity contribution is 6.37. The van der Waals surface area contributed by atoms with Crippen LogP contribution in [0.3, 0.4) is 0 Å². The van der Waals surface area contributed by atoms with Crippen molar-refractivity contribution >= 4 is 23.2 Å². The maximum Gasteiger partial charge on any atom is 0.104 e. The Morgan fingerprint density at radius 2 is 1.88 bits per heavy atom. The van der Waals surface area contributed by atoms with E-state index in [-0.39, 0.29) is 0 Å². The normalized spacial score (nSPS) is 15.2. The van der Waals surface area contributed by atoms with Gasteiger partial charge in [-0.1, -0.05) is 34.5 Å². The zero-order valence-corrected chi connectivity index (χ0v) is 10.8. The van der Waals surface area contributed by atoms with Gasteiger partial charge in [0.1, 0.15) is 5.69 Å². The molecule has 17 heavy (non-hydrogen) atoms. The molecular formula is C12H11Cl2N3. The fourth-order valence-electron chi connectivity index (χ4n) is 1.98. The monoisotopic (exact) mass is 267 g/mol. The van der Waals surface area contributed by atoms with Crippen LogP contribution >= 0.6 is 23.2 Å². The van der Waals surface area contributed by atoms with Crippen LogP contribution in [-0.2, 0) is 0 Å². The molecular weight excluding hydrogens is 257 g/mol. The molecule has 0 aliphatic heterocycles. The summed E-state index contributed by atoms with van der Waals surface area (Å²) in [4.78, 5) is 0. The Balaban J connectivity index is 2.15. The minimum Gasteiger partial charge on any atom is -0.215 e. The summed E-state index contributed by atoms with van der Waals surface area (Å²) in [6.07, 6.45) is 2.41. The molecule has 0 radical (unpaired) electrons. The molecule has 0 atom stereocenters. The number of hydrogen-bond acceptors (Lipinski definition) is 2. The van der Waals surface area contributed by atoms with E-state index in [0.717, 1.165) is 11.4 Å². The van der Waals surface area contributed by atoms with E-state index in [4.69, 9.17) is 23.2 Å². The molecule has 1 aliphatic rings. The first kappa shape index (κ1) is 11.1. The number of nitrogens with zero attached hydrogens (tertiary/aromatic N) is 3. The third kappa shape index (κ3) is 1.83. The van der Waals surface area contributed by atoms with Crippen molar-refractivity contribution in [2.24, 2.45) is 0 Å². The summed E-state index contributed by atoms with van der Waals surface area (Å²) in [5.41, 5.74) is 2.82. The van der Waals surface area contributed by atoms with Gasteiger partial charge in [0.25, 0.3) is 0 Å². The highest BCUT2D eigenvalue weighted by atomic mass is 35.5. The first-order chi connectivity index (χ1) is 8.18. The number of aromatic nitrogens is 3. The van der Waals surface area contributed by atoms with Crippen LogP contribution in [0.15, 0.2) is 18.2 Å². The Kier molecular flexibility index (Phi) is 2.60. The third-order valence-corrected chi connectivity index (χ3v) is 3.65. The molecule has 1 aliphatic carbocycles. The average molecular weight is 268 g/mol. The van der Waals surface area contributed by atoms with Crippen molar-refractivity contribution in [1.29, 1.82) is 0 Å². The second-order valence-electron chi connectivity index (χ2n) is 4.32. The van der Waals surface area contributed by atoms with E-state index < -0.39 is 0 Å². The van der Waals surface area contributed by atoms with E-state index in [9.17, 15) is 0 Å². The average Bonchev–Trinajstić information content (AvgIpc) is 3.05. The minimum absolute atomic E-state index is 0.574. The van der Waals surface area contributed by atoms with Crippen molar-refractivity contribution in [2.75, 3.05) is 0 Å². The number of hydrogen-bond donors (Lipinski definition) is 0. The van der Waals surface area contributed by atoms with Gasteiger partial charge in [-0.15, -0.1) is 5.10 Å². The summed E-state index contributed by atoms with van der Waals surface area (Å²) in [5, 5.41) is 9.58. The molecule has 3 rings (SSSR count). The van der Waals surface area contributed by atoms with Gasteiger partial charge in [0.2, 0.25) is 0 Å². The number of rotatable bonds is 2. The molecule has 0 bridgehead atoms. The first-order valence-corrected chi connectivity index (χ1v) is 6.30. The molecule has 0 saturated heterocycles. The van der Waals surface area contributed by atoms with Crippen molar-refractivity contribution in [2.45, 2.75) is 25.7 Å². The van der Waals surface area contributed by atoms with Crippen LogP contribution in [0.5, 0.6) is 0 Å². The van der Waals surface area contributed by atoms with Gasteiger partial charge in [0.15, 0.2) is 0 Å². The Hall–Kier alpha value is -1.06. The molecule has 1 fully saturated rings. The van der Waals surface area contributed by atoms with Gasteiger partial charge in [0, 0.05) is 5.92 Å². The summed E-state index contributed by atoms with van der Waals surface area (Å²) in [6, 6.07) is 5.43. The molecule has 1 aromatic heterocycles. The molecule has 1 aromatic carbocycles. The predicted octanol–water partition coefficient (Wildman–Crippen LogP) is 3.76. The van der Waals surface area contributed by atoms with E-state index in [2.05, 4.69) is 10.3 Å². The molecule has 0 spiro atoms. The summed E-state index contributed by atoms with van der Waals surface area (Å²) >= 11 is 12.3. The highest BCUT2D eigenvalue weighted by Crippen LogP contribution is 2.41. The Bertz CT molecular complexity index is 553. The van der Waals surface area contributed by atoms with Gasteiger partial charge >= 0.3 is 0 Å². The molecule has 2 aromatic rings. The molecule has 0 unspecified atom stereocenters. The van der Waals surface area contributed by atoms with Crippen LogP contribution in [0.2, 0.25) is 10.0 Å². The van der Waals surface area contributed by atoms with Gasteiger partial charge in [0.05, 0.1) is 21.4 Å². The Morgan fingerprint density at radius 3 is 2.47 bits per heavy atom. The van der Waals surface area contributed by atoms with E-state index in [1.54, 1.807) is 16.8 Å². The summed E-state index contributed by atoms with van der Waals surface area (Å²) in [5.74, 6) is 0.574. The van der Waals surface area contributed by atoms with Crippen LogP contribution in [0.4, 0.5) is 0 Å². The van der Waals surface area contributed by atoms with Crippen molar-refractivity contribution < 1.29 is 0 Å². The van der Waals surface area contributed by atoms with Gasteiger partial charge < -0.3 is 0 Å². The lowest BCUT2D eigenvalue weighted by molar-refractivity contribution is 0.783.